The van der Waals surface area contributed by atoms with Crippen LogP contribution in [0.5, 0.6) is 5.88 Å². The molecule has 2 heterocycles. The van der Waals surface area contributed by atoms with Gasteiger partial charge in [-0.1, -0.05) is 18.2 Å². The summed E-state index contributed by atoms with van der Waals surface area (Å²) >= 11 is 0. The van der Waals surface area contributed by atoms with Crippen LogP contribution in [0.25, 0.3) is 11.0 Å². The van der Waals surface area contributed by atoms with E-state index in [9.17, 15) is 22.8 Å². The second-order valence-electron chi connectivity index (χ2n) is 6.25. The Bertz CT molecular complexity index is 1070. The summed E-state index contributed by atoms with van der Waals surface area (Å²) in [5, 5.41) is 2.60. The number of benzene rings is 1. The molecule has 0 aliphatic heterocycles. The normalized spacial score (nSPS) is 11.6. The van der Waals surface area contributed by atoms with Crippen LogP contribution in [0.4, 0.5) is 13.2 Å². The third-order valence-corrected chi connectivity index (χ3v) is 4.24. The van der Waals surface area contributed by atoms with Crippen molar-refractivity contribution in [2.45, 2.75) is 32.7 Å². The molecule has 1 amide bonds. The summed E-state index contributed by atoms with van der Waals surface area (Å²) in [4.78, 5) is 28.7. The first-order valence-corrected chi connectivity index (χ1v) is 8.88. The Hall–Kier alpha value is -3.30. The number of alkyl halides is 3. The van der Waals surface area contributed by atoms with Crippen molar-refractivity contribution in [2.75, 3.05) is 6.61 Å². The molecule has 0 fully saturated rings. The first-order chi connectivity index (χ1) is 13.8. The largest absolute Gasteiger partial charge is 0.468 e. The number of nitrogens with one attached hydrogen (secondary N) is 1. The molecule has 154 valence electrons. The van der Waals surface area contributed by atoms with Gasteiger partial charge in [-0.2, -0.15) is 13.2 Å². The fourth-order valence-electron chi connectivity index (χ4n) is 2.96. The maximum Gasteiger partial charge on any atom is 0.422 e. The van der Waals surface area contributed by atoms with Gasteiger partial charge in [-0.15, -0.1) is 0 Å². The summed E-state index contributed by atoms with van der Waals surface area (Å²) in [6, 6.07) is 10.2. The summed E-state index contributed by atoms with van der Waals surface area (Å²) < 4.78 is 44.7. The quantitative estimate of drug-likeness (QED) is 0.652. The Morgan fingerprint density at radius 3 is 2.48 bits per heavy atom. The van der Waals surface area contributed by atoms with E-state index in [4.69, 9.17) is 4.74 Å². The van der Waals surface area contributed by atoms with E-state index in [0.717, 1.165) is 5.52 Å². The number of nitrogens with zero attached hydrogens (tertiary/aromatic N) is 3. The van der Waals surface area contributed by atoms with Crippen molar-refractivity contribution in [3.8, 4) is 5.88 Å². The molecular weight excluding hydrogens is 389 g/mol. The van der Waals surface area contributed by atoms with E-state index in [1.54, 1.807) is 22.8 Å². The second-order valence-corrected chi connectivity index (χ2v) is 6.25. The van der Waals surface area contributed by atoms with Crippen molar-refractivity contribution in [3.05, 3.63) is 58.6 Å². The molecule has 3 aromatic rings. The van der Waals surface area contributed by atoms with E-state index in [0.29, 0.717) is 17.6 Å². The molecule has 1 aromatic carbocycles. The lowest BCUT2D eigenvalue weighted by Crippen LogP contribution is -2.33. The second kappa shape index (κ2) is 8.38. The van der Waals surface area contributed by atoms with E-state index in [2.05, 4.69) is 10.3 Å². The SMILES string of the molecule is CCn1c(=O)n(CC(=O)NCc2cccnc2OCC(F)(F)F)c2ccccc21. The van der Waals surface area contributed by atoms with Gasteiger partial charge in [-0.05, 0) is 25.1 Å². The zero-order valence-electron chi connectivity index (χ0n) is 15.6. The molecule has 0 saturated heterocycles. The lowest BCUT2D eigenvalue weighted by molar-refractivity contribution is -0.154. The number of imidazole rings is 1. The average Bonchev–Trinajstić information content (AvgIpc) is 2.96. The number of carbonyl (C=O) groups is 1. The maximum atomic E-state index is 12.6. The van der Waals surface area contributed by atoms with Crippen LogP contribution in [-0.4, -0.2) is 32.8 Å². The summed E-state index contributed by atoms with van der Waals surface area (Å²) in [5.74, 6) is -0.665. The molecule has 0 radical (unpaired) electrons. The molecule has 1 N–H and O–H groups in total. The number of amides is 1. The fourth-order valence-corrected chi connectivity index (χ4v) is 2.96. The summed E-state index contributed by atoms with van der Waals surface area (Å²) in [6.45, 7) is 0.524. The van der Waals surface area contributed by atoms with Gasteiger partial charge in [0, 0.05) is 24.8 Å². The highest BCUT2D eigenvalue weighted by Gasteiger charge is 2.29. The number of aromatic nitrogens is 3. The predicted octanol–water partition coefficient (Wildman–Crippen LogP) is 2.48. The van der Waals surface area contributed by atoms with Gasteiger partial charge < -0.3 is 10.1 Å². The number of pyridine rings is 1. The number of para-hydroxylation sites is 2. The zero-order chi connectivity index (χ0) is 21.0. The Morgan fingerprint density at radius 1 is 1.14 bits per heavy atom. The topological polar surface area (TPSA) is 78.2 Å². The Kier molecular flexibility index (Phi) is 5.90. The highest BCUT2D eigenvalue weighted by Crippen LogP contribution is 2.20. The molecular formula is C19H19F3N4O3. The van der Waals surface area contributed by atoms with Gasteiger partial charge >= 0.3 is 11.9 Å². The average molecular weight is 408 g/mol. The van der Waals surface area contributed by atoms with Crippen LogP contribution in [-0.2, 0) is 24.4 Å². The Balaban J connectivity index is 1.71. The highest BCUT2D eigenvalue weighted by atomic mass is 19.4. The third-order valence-electron chi connectivity index (χ3n) is 4.24. The molecule has 7 nitrogen and oxygen atoms in total. The molecule has 3 rings (SSSR count). The molecule has 0 aliphatic carbocycles. The third kappa shape index (κ3) is 4.76. The van der Waals surface area contributed by atoms with E-state index in [1.165, 1.54) is 22.9 Å². The van der Waals surface area contributed by atoms with Gasteiger partial charge in [0.1, 0.15) is 6.54 Å². The number of rotatable bonds is 7. The van der Waals surface area contributed by atoms with Crippen LogP contribution in [0.1, 0.15) is 12.5 Å². The molecule has 0 spiro atoms. The number of ether oxygens (including phenoxy) is 1. The molecule has 0 unspecified atom stereocenters. The smallest absolute Gasteiger partial charge is 0.422 e. The summed E-state index contributed by atoms with van der Waals surface area (Å²) in [5.41, 5.74) is 1.35. The minimum Gasteiger partial charge on any atom is -0.468 e. The van der Waals surface area contributed by atoms with Crippen LogP contribution in [0.15, 0.2) is 47.4 Å². The number of halogens is 3. The number of hydrogen-bond acceptors (Lipinski definition) is 4. The first kappa shape index (κ1) is 20.4. The Labute approximate surface area is 163 Å². The standard InChI is InChI=1S/C19H19F3N4O3/c1-2-25-14-7-3-4-8-15(14)26(18(25)28)11-16(27)24-10-13-6-5-9-23-17(13)29-12-19(20,21)22/h3-9H,2,10-12H2,1H3,(H,24,27). The van der Waals surface area contributed by atoms with E-state index < -0.39 is 18.7 Å². The number of aryl methyl sites for hydroxylation is 1. The highest BCUT2D eigenvalue weighted by molar-refractivity contribution is 5.81. The lowest BCUT2D eigenvalue weighted by atomic mass is 10.2. The monoisotopic (exact) mass is 408 g/mol. The van der Waals surface area contributed by atoms with Crippen molar-refractivity contribution in [2.24, 2.45) is 0 Å². The van der Waals surface area contributed by atoms with Crippen LogP contribution < -0.4 is 15.7 Å². The summed E-state index contributed by atoms with van der Waals surface area (Å²) in [6.07, 6.45) is -3.19. The van der Waals surface area contributed by atoms with Crippen molar-refractivity contribution < 1.29 is 22.7 Å². The van der Waals surface area contributed by atoms with E-state index in [-0.39, 0.29) is 24.7 Å². The molecule has 0 atom stereocenters. The summed E-state index contributed by atoms with van der Waals surface area (Å²) in [7, 11) is 0. The molecule has 0 saturated carbocycles. The fraction of sp³-hybridized carbons (Fsp3) is 0.316. The lowest BCUT2D eigenvalue weighted by Gasteiger charge is -2.12. The van der Waals surface area contributed by atoms with Crippen molar-refractivity contribution in [1.29, 1.82) is 0 Å². The molecule has 29 heavy (non-hydrogen) atoms. The van der Waals surface area contributed by atoms with Crippen LogP contribution in [0.3, 0.4) is 0 Å². The van der Waals surface area contributed by atoms with Crippen molar-refractivity contribution in [3.63, 3.8) is 0 Å². The van der Waals surface area contributed by atoms with Crippen LogP contribution >= 0.6 is 0 Å². The van der Waals surface area contributed by atoms with Gasteiger partial charge in [-0.25, -0.2) is 9.78 Å². The van der Waals surface area contributed by atoms with Gasteiger partial charge in [0.15, 0.2) is 6.61 Å². The minimum absolute atomic E-state index is 0.0823. The minimum atomic E-state index is -4.49. The predicted molar refractivity (Wildman–Crippen MR) is 99.5 cm³/mol. The maximum absolute atomic E-state index is 12.6. The zero-order valence-corrected chi connectivity index (χ0v) is 15.6. The van der Waals surface area contributed by atoms with E-state index in [1.807, 2.05) is 13.0 Å². The number of fused-ring (bicyclic) bond motifs is 1. The number of hydrogen-bond donors (Lipinski definition) is 1. The molecule has 0 aliphatic rings. The Morgan fingerprint density at radius 2 is 1.83 bits per heavy atom. The van der Waals surface area contributed by atoms with Crippen LogP contribution in [0.2, 0.25) is 0 Å². The number of carbonyl (C=O) groups excluding carboxylic acids is 1. The van der Waals surface area contributed by atoms with Gasteiger partial charge in [0.05, 0.1) is 11.0 Å². The molecule has 0 bridgehead atoms. The first-order valence-electron chi connectivity index (χ1n) is 8.88. The van der Waals surface area contributed by atoms with E-state index >= 15 is 0 Å². The molecule has 10 heteroatoms. The van der Waals surface area contributed by atoms with Gasteiger partial charge in [0.25, 0.3) is 0 Å². The van der Waals surface area contributed by atoms with Crippen LogP contribution in [0, 0.1) is 0 Å². The van der Waals surface area contributed by atoms with Crippen molar-refractivity contribution in [1.82, 2.24) is 19.4 Å². The molecule has 2 aromatic heterocycles. The van der Waals surface area contributed by atoms with Gasteiger partial charge in [-0.3, -0.25) is 13.9 Å². The van der Waals surface area contributed by atoms with Gasteiger partial charge in [0.2, 0.25) is 11.8 Å². The van der Waals surface area contributed by atoms with Crippen molar-refractivity contribution >= 4 is 16.9 Å².